The van der Waals surface area contributed by atoms with Crippen LogP contribution in [0.3, 0.4) is 0 Å². The third kappa shape index (κ3) is 6.14. The lowest BCUT2D eigenvalue weighted by molar-refractivity contribution is 0.122. The van der Waals surface area contributed by atoms with Crippen LogP contribution >= 0.6 is 11.3 Å². The summed E-state index contributed by atoms with van der Waals surface area (Å²) in [5.41, 5.74) is 2.59. The maximum Gasteiger partial charge on any atom is 0.191 e. The molecule has 0 unspecified atom stereocenters. The van der Waals surface area contributed by atoms with E-state index in [1.807, 2.05) is 24.0 Å². The number of anilines is 1. The van der Waals surface area contributed by atoms with E-state index < -0.39 is 0 Å². The molecule has 0 amide bonds. The zero-order chi connectivity index (χ0) is 20.6. The molecule has 29 heavy (non-hydrogen) atoms. The van der Waals surface area contributed by atoms with E-state index in [4.69, 9.17) is 4.74 Å². The van der Waals surface area contributed by atoms with Gasteiger partial charge in [-0.25, -0.2) is 14.4 Å². The first-order chi connectivity index (χ1) is 14.1. The normalized spacial score (nSPS) is 15.1. The fraction of sp³-hybridized carbons (Fsp3) is 0.524. The SMILES string of the molecule is CCNC(=NCc1ccc(N2CCOCC2)c(F)c1)NCc1nc(C(C)C)cs1. The smallest absolute Gasteiger partial charge is 0.191 e. The van der Waals surface area contributed by atoms with Gasteiger partial charge >= 0.3 is 0 Å². The van der Waals surface area contributed by atoms with E-state index in [0.29, 0.717) is 43.9 Å². The summed E-state index contributed by atoms with van der Waals surface area (Å²) in [6.45, 7) is 10.8. The molecule has 2 N–H and O–H groups in total. The Morgan fingerprint density at radius 3 is 2.76 bits per heavy atom. The number of nitrogens with zero attached hydrogens (tertiary/aromatic N) is 3. The highest BCUT2D eigenvalue weighted by molar-refractivity contribution is 7.09. The van der Waals surface area contributed by atoms with Crippen molar-refractivity contribution >= 4 is 23.0 Å². The second-order valence-corrected chi connectivity index (χ2v) is 8.20. The molecule has 1 aliphatic heterocycles. The topological polar surface area (TPSA) is 61.8 Å². The molecule has 6 nitrogen and oxygen atoms in total. The lowest BCUT2D eigenvalue weighted by Crippen LogP contribution is -2.37. The summed E-state index contributed by atoms with van der Waals surface area (Å²) in [6, 6.07) is 5.36. The third-order valence-electron chi connectivity index (χ3n) is 4.70. The van der Waals surface area contributed by atoms with Crippen LogP contribution in [0.2, 0.25) is 0 Å². The number of halogens is 1. The number of morpholine rings is 1. The van der Waals surface area contributed by atoms with Gasteiger partial charge in [-0.15, -0.1) is 11.3 Å². The number of ether oxygens (including phenoxy) is 1. The van der Waals surface area contributed by atoms with Gasteiger partial charge in [0.25, 0.3) is 0 Å². The first-order valence-corrected chi connectivity index (χ1v) is 11.0. The van der Waals surface area contributed by atoms with Crippen molar-refractivity contribution in [2.45, 2.75) is 39.8 Å². The Morgan fingerprint density at radius 2 is 2.10 bits per heavy atom. The minimum Gasteiger partial charge on any atom is -0.378 e. The van der Waals surface area contributed by atoms with Gasteiger partial charge in [-0.1, -0.05) is 19.9 Å². The average molecular weight is 420 g/mol. The van der Waals surface area contributed by atoms with Crippen LogP contribution in [0, 0.1) is 5.82 Å². The molecular formula is C21H30FN5OS. The molecule has 0 aliphatic carbocycles. The molecule has 8 heteroatoms. The van der Waals surface area contributed by atoms with Gasteiger partial charge in [0.2, 0.25) is 0 Å². The summed E-state index contributed by atoms with van der Waals surface area (Å²) in [4.78, 5) is 11.3. The van der Waals surface area contributed by atoms with Gasteiger partial charge in [0.15, 0.2) is 5.96 Å². The van der Waals surface area contributed by atoms with E-state index in [1.165, 1.54) is 0 Å². The zero-order valence-electron chi connectivity index (χ0n) is 17.4. The summed E-state index contributed by atoms with van der Waals surface area (Å²) in [6.07, 6.45) is 0. The van der Waals surface area contributed by atoms with Crippen LogP contribution in [0.5, 0.6) is 0 Å². The minimum atomic E-state index is -0.207. The number of guanidine groups is 1. The standard InChI is InChI=1S/C21H30FN5OS/c1-4-23-21(25-13-20-26-18(14-29-20)15(2)3)24-12-16-5-6-19(17(22)11-16)27-7-9-28-10-8-27/h5-6,11,14-15H,4,7-10,12-13H2,1-3H3,(H2,23,24,25). The number of nitrogens with one attached hydrogen (secondary N) is 2. The summed E-state index contributed by atoms with van der Waals surface area (Å²) < 4.78 is 19.9. The van der Waals surface area contributed by atoms with Crippen LogP contribution in [0.15, 0.2) is 28.6 Å². The largest absolute Gasteiger partial charge is 0.378 e. The van der Waals surface area contributed by atoms with Gasteiger partial charge in [0, 0.05) is 25.0 Å². The Hall–Kier alpha value is -2.19. The number of aromatic nitrogens is 1. The van der Waals surface area contributed by atoms with Gasteiger partial charge in [-0.2, -0.15) is 0 Å². The summed E-state index contributed by atoms with van der Waals surface area (Å²) in [5.74, 6) is 0.922. The number of aliphatic imine (C=N–C) groups is 1. The van der Waals surface area contributed by atoms with Gasteiger partial charge in [0.1, 0.15) is 10.8 Å². The molecule has 0 bridgehead atoms. The molecule has 1 aliphatic rings. The minimum absolute atomic E-state index is 0.207. The highest BCUT2D eigenvalue weighted by Crippen LogP contribution is 2.22. The van der Waals surface area contributed by atoms with E-state index in [2.05, 4.69) is 39.8 Å². The Kier molecular flexibility index (Phi) is 7.83. The van der Waals surface area contributed by atoms with E-state index in [0.717, 1.165) is 35.9 Å². The van der Waals surface area contributed by atoms with Crippen molar-refractivity contribution in [1.82, 2.24) is 15.6 Å². The maximum atomic E-state index is 14.6. The molecule has 1 saturated heterocycles. The highest BCUT2D eigenvalue weighted by atomic mass is 32.1. The molecule has 1 aromatic carbocycles. The zero-order valence-corrected chi connectivity index (χ0v) is 18.2. The monoisotopic (exact) mass is 419 g/mol. The molecule has 0 saturated carbocycles. The summed E-state index contributed by atoms with van der Waals surface area (Å²) >= 11 is 1.65. The number of thiazole rings is 1. The number of rotatable bonds is 7. The second-order valence-electron chi connectivity index (χ2n) is 7.25. The Morgan fingerprint density at radius 1 is 1.31 bits per heavy atom. The van der Waals surface area contributed by atoms with Crippen molar-refractivity contribution in [2.24, 2.45) is 4.99 Å². The molecule has 3 rings (SSSR count). The first kappa shape index (κ1) is 21.5. The van der Waals surface area contributed by atoms with Crippen LogP contribution in [0.4, 0.5) is 10.1 Å². The van der Waals surface area contributed by atoms with Crippen LogP contribution in [-0.2, 0) is 17.8 Å². The van der Waals surface area contributed by atoms with Crippen molar-refractivity contribution < 1.29 is 9.13 Å². The molecule has 158 valence electrons. The molecule has 0 radical (unpaired) electrons. The highest BCUT2D eigenvalue weighted by Gasteiger charge is 2.15. The first-order valence-electron chi connectivity index (χ1n) is 10.1. The Bertz CT molecular complexity index is 817. The Balaban J connectivity index is 1.60. The van der Waals surface area contributed by atoms with E-state index in [1.54, 1.807) is 17.4 Å². The molecule has 0 atom stereocenters. The fourth-order valence-electron chi connectivity index (χ4n) is 3.05. The molecule has 1 fully saturated rings. The molecular weight excluding hydrogens is 389 g/mol. The molecule has 2 heterocycles. The predicted molar refractivity (Wildman–Crippen MR) is 117 cm³/mol. The van der Waals surface area contributed by atoms with E-state index >= 15 is 0 Å². The average Bonchev–Trinajstić information content (AvgIpc) is 3.20. The van der Waals surface area contributed by atoms with E-state index in [9.17, 15) is 4.39 Å². The number of hydrogen-bond donors (Lipinski definition) is 2. The van der Waals surface area contributed by atoms with Crippen molar-refractivity contribution in [3.8, 4) is 0 Å². The number of benzene rings is 1. The predicted octanol–water partition coefficient (Wildman–Crippen LogP) is 3.50. The maximum absolute atomic E-state index is 14.6. The third-order valence-corrected chi connectivity index (χ3v) is 5.56. The van der Waals surface area contributed by atoms with Crippen LogP contribution in [0.1, 0.15) is 43.0 Å². The quantitative estimate of drug-likeness (QED) is 0.531. The van der Waals surface area contributed by atoms with Gasteiger partial charge < -0.3 is 20.3 Å². The fourth-order valence-corrected chi connectivity index (χ4v) is 3.95. The van der Waals surface area contributed by atoms with Crippen molar-refractivity contribution in [3.63, 3.8) is 0 Å². The Labute approximate surface area is 176 Å². The van der Waals surface area contributed by atoms with Crippen molar-refractivity contribution in [2.75, 3.05) is 37.7 Å². The molecule has 2 aromatic rings. The summed E-state index contributed by atoms with van der Waals surface area (Å²) in [7, 11) is 0. The van der Waals surface area contributed by atoms with Crippen molar-refractivity contribution in [1.29, 1.82) is 0 Å². The van der Waals surface area contributed by atoms with Gasteiger partial charge in [0.05, 0.1) is 37.7 Å². The molecule has 1 aromatic heterocycles. The number of hydrogen-bond acceptors (Lipinski definition) is 5. The van der Waals surface area contributed by atoms with Gasteiger partial charge in [-0.05, 0) is 30.5 Å². The van der Waals surface area contributed by atoms with Gasteiger partial charge in [-0.3, -0.25) is 0 Å². The van der Waals surface area contributed by atoms with Crippen LogP contribution in [-0.4, -0.2) is 43.8 Å². The van der Waals surface area contributed by atoms with Crippen molar-refractivity contribution in [3.05, 3.63) is 45.7 Å². The second kappa shape index (κ2) is 10.5. The van der Waals surface area contributed by atoms with Crippen LogP contribution in [0.25, 0.3) is 0 Å². The molecule has 0 spiro atoms. The summed E-state index contributed by atoms with van der Waals surface area (Å²) in [5, 5.41) is 9.67. The lowest BCUT2D eigenvalue weighted by Gasteiger charge is -2.29. The van der Waals surface area contributed by atoms with Crippen LogP contribution < -0.4 is 15.5 Å². The van der Waals surface area contributed by atoms with E-state index in [-0.39, 0.29) is 5.82 Å². The lowest BCUT2D eigenvalue weighted by atomic mass is 10.1.